The zero-order valence-corrected chi connectivity index (χ0v) is 10.4. The molecule has 0 heterocycles. The minimum absolute atomic E-state index is 0.781. The number of rotatable bonds is 4. The van der Waals surface area contributed by atoms with Crippen LogP contribution in [0.2, 0.25) is 38.8 Å². The average molecular weight is 188 g/mol. The van der Waals surface area contributed by atoms with Gasteiger partial charge < -0.3 is 4.79 Å². The molecule has 1 nitrogen and oxygen atoms in total. The van der Waals surface area contributed by atoms with Gasteiger partial charge in [-0.05, 0) is 0 Å². The third-order valence-electron chi connectivity index (χ3n) is 2.92. The minimum atomic E-state index is -1.02. The predicted octanol–water partition coefficient (Wildman–Crippen LogP) is 2.70. The van der Waals surface area contributed by atoms with Crippen LogP contribution in [0.5, 0.6) is 0 Å². The number of hydrogen-bond donors (Lipinski definition) is 0. The van der Waals surface area contributed by atoms with E-state index in [1.54, 1.807) is 0 Å². The van der Waals surface area contributed by atoms with Gasteiger partial charge in [-0.15, -0.1) is 0 Å². The monoisotopic (exact) mass is 188 g/mol. The lowest BCUT2D eigenvalue weighted by molar-refractivity contribution is -0.107. The molecule has 0 aliphatic carbocycles. The van der Waals surface area contributed by atoms with Crippen molar-refractivity contribution in [3.63, 3.8) is 0 Å². The van der Waals surface area contributed by atoms with Gasteiger partial charge in [0.25, 0.3) is 0 Å². The summed E-state index contributed by atoms with van der Waals surface area (Å²) in [7, 11) is -1.96. The first-order valence-corrected chi connectivity index (χ1v) is 12.0. The van der Waals surface area contributed by atoms with Crippen molar-refractivity contribution in [3.8, 4) is 0 Å². The van der Waals surface area contributed by atoms with E-state index in [2.05, 4.69) is 32.7 Å². The fourth-order valence-corrected chi connectivity index (χ4v) is 5.07. The standard InChI is InChI=1S/C8H20OSi2/c1-10(2,3)11(4,5)8-6-7-9/h7H,6,8H2,1-5H3. The lowest BCUT2D eigenvalue weighted by Crippen LogP contribution is -2.52. The van der Waals surface area contributed by atoms with Crippen LogP contribution in [0.15, 0.2) is 0 Å². The highest BCUT2D eigenvalue weighted by Crippen LogP contribution is 2.23. The van der Waals surface area contributed by atoms with Crippen LogP contribution in [0.25, 0.3) is 0 Å². The van der Waals surface area contributed by atoms with Crippen LogP contribution in [-0.4, -0.2) is 21.5 Å². The van der Waals surface area contributed by atoms with E-state index < -0.39 is 15.2 Å². The highest BCUT2D eigenvalue weighted by Gasteiger charge is 2.35. The summed E-state index contributed by atoms with van der Waals surface area (Å²) in [5.41, 5.74) is 0. The molecule has 0 spiro atoms. The summed E-state index contributed by atoms with van der Waals surface area (Å²) in [6.45, 7) is 12.1. The SMILES string of the molecule is C[Si](C)(C)[Si](C)(C)CCC=O. The second kappa shape index (κ2) is 3.67. The molecule has 0 N–H and O–H groups in total. The van der Waals surface area contributed by atoms with Gasteiger partial charge in [-0.25, -0.2) is 0 Å². The van der Waals surface area contributed by atoms with E-state index in [1.165, 1.54) is 6.04 Å². The average Bonchev–Trinajstić information content (AvgIpc) is 1.81. The van der Waals surface area contributed by atoms with E-state index in [9.17, 15) is 4.79 Å². The van der Waals surface area contributed by atoms with Gasteiger partial charge in [-0.1, -0.05) is 38.8 Å². The Morgan fingerprint density at radius 1 is 1.09 bits per heavy atom. The maximum atomic E-state index is 10.2. The van der Waals surface area contributed by atoms with Crippen molar-refractivity contribution in [3.05, 3.63) is 0 Å². The van der Waals surface area contributed by atoms with Gasteiger partial charge in [0.1, 0.15) is 6.29 Å². The molecule has 0 radical (unpaired) electrons. The Labute approximate surface area is 72.0 Å². The summed E-state index contributed by atoms with van der Waals surface area (Å²) < 4.78 is 0. The lowest BCUT2D eigenvalue weighted by Gasteiger charge is -2.34. The Kier molecular flexibility index (Phi) is 3.71. The molecule has 0 saturated heterocycles. The second-order valence-electron chi connectivity index (χ2n) is 4.84. The minimum Gasteiger partial charge on any atom is -0.303 e. The normalized spacial score (nSPS) is 13.2. The lowest BCUT2D eigenvalue weighted by atomic mass is 10.6. The van der Waals surface area contributed by atoms with Crippen molar-refractivity contribution in [2.24, 2.45) is 0 Å². The quantitative estimate of drug-likeness (QED) is 0.490. The summed E-state index contributed by atoms with van der Waals surface area (Å²) in [5, 5.41) is 0. The third kappa shape index (κ3) is 3.34. The molecular formula is C8H20OSi2. The summed E-state index contributed by atoms with van der Waals surface area (Å²) in [4.78, 5) is 10.2. The summed E-state index contributed by atoms with van der Waals surface area (Å²) in [6, 6.07) is 1.19. The number of carbonyl (C=O) groups is 1. The Bertz CT molecular complexity index is 136. The zero-order valence-electron chi connectivity index (χ0n) is 8.40. The molecule has 0 atom stereocenters. The number of carbonyl (C=O) groups excluding carboxylic acids is 1. The van der Waals surface area contributed by atoms with Crippen LogP contribution < -0.4 is 0 Å². The molecule has 0 amide bonds. The van der Waals surface area contributed by atoms with Crippen LogP contribution >= 0.6 is 0 Å². The molecular weight excluding hydrogens is 168 g/mol. The first kappa shape index (κ1) is 11.1. The summed E-state index contributed by atoms with van der Waals surface area (Å²) >= 11 is 0. The largest absolute Gasteiger partial charge is 0.303 e. The van der Waals surface area contributed by atoms with Crippen molar-refractivity contribution in [2.45, 2.75) is 45.2 Å². The van der Waals surface area contributed by atoms with E-state index in [1.807, 2.05) is 0 Å². The van der Waals surface area contributed by atoms with Gasteiger partial charge in [0, 0.05) is 21.6 Å². The Morgan fingerprint density at radius 2 is 1.55 bits per heavy atom. The van der Waals surface area contributed by atoms with Gasteiger partial charge in [0.05, 0.1) is 0 Å². The molecule has 11 heavy (non-hydrogen) atoms. The van der Waals surface area contributed by atoms with Crippen molar-refractivity contribution < 1.29 is 4.79 Å². The van der Waals surface area contributed by atoms with Crippen molar-refractivity contribution in [1.82, 2.24) is 0 Å². The number of aldehydes is 1. The molecule has 0 saturated carbocycles. The molecule has 0 aromatic carbocycles. The van der Waals surface area contributed by atoms with Gasteiger partial charge >= 0.3 is 0 Å². The maximum absolute atomic E-state index is 10.2. The molecule has 0 aromatic rings. The van der Waals surface area contributed by atoms with E-state index in [0.29, 0.717) is 0 Å². The summed E-state index contributed by atoms with van der Waals surface area (Å²) in [6.07, 6.45) is 1.85. The fourth-order valence-electron chi connectivity index (χ4n) is 0.795. The van der Waals surface area contributed by atoms with Crippen molar-refractivity contribution in [2.75, 3.05) is 0 Å². The molecule has 66 valence electrons. The predicted molar refractivity (Wildman–Crippen MR) is 56.3 cm³/mol. The molecule has 0 aromatic heterocycles. The van der Waals surface area contributed by atoms with E-state index in [0.717, 1.165) is 12.7 Å². The zero-order chi connectivity index (χ0) is 9.12. The molecule has 0 rings (SSSR count). The maximum Gasteiger partial charge on any atom is 0.119 e. The summed E-state index contributed by atoms with van der Waals surface area (Å²) in [5.74, 6) is 0. The molecule has 0 unspecified atom stereocenters. The Morgan fingerprint density at radius 3 is 1.82 bits per heavy atom. The first-order valence-electron chi connectivity index (χ1n) is 4.25. The van der Waals surface area contributed by atoms with Gasteiger partial charge in [-0.3, -0.25) is 0 Å². The van der Waals surface area contributed by atoms with Gasteiger partial charge in [0.2, 0.25) is 0 Å². The molecule has 3 heteroatoms. The van der Waals surface area contributed by atoms with Crippen LogP contribution in [0, 0.1) is 0 Å². The van der Waals surface area contributed by atoms with Gasteiger partial charge in [0.15, 0.2) is 0 Å². The van der Waals surface area contributed by atoms with Crippen molar-refractivity contribution in [1.29, 1.82) is 0 Å². The van der Waals surface area contributed by atoms with E-state index in [-0.39, 0.29) is 0 Å². The number of hydrogen-bond acceptors (Lipinski definition) is 1. The second-order valence-corrected chi connectivity index (χ2v) is 22.2. The molecule has 0 aliphatic heterocycles. The Hall–Kier alpha value is 0.104. The van der Waals surface area contributed by atoms with Crippen LogP contribution in [0.3, 0.4) is 0 Å². The highest BCUT2D eigenvalue weighted by atomic mass is 29.3. The van der Waals surface area contributed by atoms with Crippen LogP contribution in [-0.2, 0) is 4.79 Å². The van der Waals surface area contributed by atoms with Crippen LogP contribution in [0.1, 0.15) is 6.42 Å². The fraction of sp³-hybridized carbons (Fsp3) is 0.875. The Balaban J connectivity index is 4.10. The van der Waals surface area contributed by atoms with E-state index in [4.69, 9.17) is 0 Å². The third-order valence-corrected chi connectivity index (χ3v) is 21.4. The smallest absolute Gasteiger partial charge is 0.119 e. The topological polar surface area (TPSA) is 17.1 Å². The molecule has 0 aliphatic rings. The van der Waals surface area contributed by atoms with E-state index >= 15 is 0 Å². The van der Waals surface area contributed by atoms with Crippen molar-refractivity contribution >= 4 is 21.5 Å². The molecule has 0 bridgehead atoms. The van der Waals surface area contributed by atoms with Gasteiger partial charge in [-0.2, -0.15) is 0 Å². The van der Waals surface area contributed by atoms with Crippen LogP contribution in [0.4, 0.5) is 0 Å². The first-order chi connectivity index (χ1) is 4.81. The highest BCUT2D eigenvalue weighted by molar-refractivity contribution is 7.40. The molecule has 0 fully saturated rings.